The number of carbonyl (C=O) groups is 2. The van der Waals surface area contributed by atoms with Crippen LogP contribution in [0.1, 0.15) is 54.1 Å². The number of carbonyl (C=O) groups excluding carboxylic acids is 2. The van der Waals surface area contributed by atoms with Gasteiger partial charge in [-0.3, -0.25) is 4.79 Å². The highest BCUT2D eigenvalue weighted by atomic mass is 16.6. The molecule has 0 bridgehead atoms. The number of aliphatic hydroxyl groups excluding tert-OH is 2. The Kier molecular flexibility index (Phi) is 8.29. The quantitative estimate of drug-likeness (QED) is 0.295. The van der Waals surface area contributed by atoms with Gasteiger partial charge in [-0.15, -0.1) is 0 Å². The van der Waals surface area contributed by atoms with Crippen LogP contribution in [0.5, 0.6) is 0 Å². The zero-order valence-electron chi connectivity index (χ0n) is 13.5. The molecule has 6 heteroatoms. The van der Waals surface area contributed by atoms with Crippen molar-refractivity contribution in [2.75, 3.05) is 13.2 Å². The number of rotatable bonds is 10. The maximum atomic E-state index is 12.0. The number of aliphatic hydroxyl groups is 2. The van der Waals surface area contributed by atoms with Crippen molar-refractivity contribution < 1.29 is 29.3 Å². The van der Waals surface area contributed by atoms with Crippen LogP contribution in [-0.2, 0) is 20.7 Å². The smallest absolute Gasteiger partial charge is 0.338 e. The monoisotopic (exact) mass is 324 g/mol. The van der Waals surface area contributed by atoms with Crippen molar-refractivity contribution in [3.8, 4) is 0 Å². The molecule has 23 heavy (non-hydrogen) atoms. The molecule has 0 aliphatic rings. The van der Waals surface area contributed by atoms with Gasteiger partial charge in [-0.2, -0.15) is 0 Å². The van der Waals surface area contributed by atoms with Crippen LogP contribution in [-0.4, -0.2) is 42.2 Å². The summed E-state index contributed by atoms with van der Waals surface area (Å²) in [5.41, 5.74) is 1.83. The molecular formula is C17H24O6. The number of unbranched alkanes of at least 4 members (excludes halogenated alkanes) is 1. The molecule has 2 atom stereocenters. The van der Waals surface area contributed by atoms with E-state index < -0.39 is 18.2 Å². The van der Waals surface area contributed by atoms with Crippen molar-refractivity contribution in [2.24, 2.45) is 0 Å². The van der Waals surface area contributed by atoms with Gasteiger partial charge in [0.05, 0.1) is 24.7 Å². The third-order valence-corrected chi connectivity index (χ3v) is 3.63. The van der Waals surface area contributed by atoms with Crippen molar-refractivity contribution >= 4 is 12.4 Å². The van der Waals surface area contributed by atoms with Crippen LogP contribution in [0.4, 0.5) is 0 Å². The summed E-state index contributed by atoms with van der Waals surface area (Å²) in [4.78, 5) is 22.3. The van der Waals surface area contributed by atoms with Gasteiger partial charge in [-0.05, 0) is 36.1 Å². The molecule has 0 aliphatic carbocycles. The highest BCUT2D eigenvalue weighted by Crippen LogP contribution is 2.25. The summed E-state index contributed by atoms with van der Waals surface area (Å²) < 4.78 is 9.69. The Morgan fingerprint density at radius 2 is 2.09 bits per heavy atom. The van der Waals surface area contributed by atoms with Crippen molar-refractivity contribution in [1.29, 1.82) is 0 Å². The van der Waals surface area contributed by atoms with Gasteiger partial charge in [0.2, 0.25) is 6.29 Å². The first-order valence-electron chi connectivity index (χ1n) is 7.76. The first kappa shape index (κ1) is 19.1. The standard InChI is InChI=1S/C17H24O6/c1-3-5-8-22-16(20)13-6-7-14(12(4-2)9-13)15(10-18)17(21)23-11-19/h6-7,9,11,15,17-18,21H,3-5,8,10H2,1-2H3. The van der Waals surface area contributed by atoms with Gasteiger partial charge in [0.25, 0.3) is 6.47 Å². The zero-order valence-corrected chi connectivity index (χ0v) is 13.5. The minimum absolute atomic E-state index is 0.137. The largest absolute Gasteiger partial charge is 0.462 e. The predicted octanol–water partition coefficient (Wildman–Crippen LogP) is 1.77. The summed E-state index contributed by atoms with van der Waals surface area (Å²) in [5.74, 6) is -1.16. The highest BCUT2D eigenvalue weighted by molar-refractivity contribution is 5.89. The topological polar surface area (TPSA) is 93.1 Å². The summed E-state index contributed by atoms with van der Waals surface area (Å²) >= 11 is 0. The highest BCUT2D eigenvalue weighted by Gasteiger charge is 2.24. The summed E-state index contributed by atoms with van der Waals surface area (Å²) in [6.07, 6.45) is 0.909. The zero-order chi connectivity index (χ0) is 17.2. The van der Waals surface area contributed by atoms with Crippen LogP contribution in [0.3, 0.4) is 0 Å². The Morgan fingerprint density at radius 3 is 2.65 bits per heavy atom. The second kappa shape index (κ2) is 9.97. The minimum Gasteiger partial charge on any atom is -0.462 e. The first-order valence-corrected chi connectivity index (χ1v) is 7.76. The van der Waals surface area contributed by atoms with Crippen LogP contribution >= 0.6 is 0 Å². The summed E-state index contributed by atoms with van der Waals surface area (Å²) in [6, 6.07) is 4.91. The van der Waals surface area contributed by atoms with E-state index in [1.165, 1.54) is 0 Å². The molecule has 2 N–H and O–H groups in total. The first-order chi connectivity index (χ1) is 11.1. The SMILES string of the molecule is CCCCOC(=O)c1ccc(C(CO)C(O)OC=O)c(CC)c1. The van der Waals surface area contributed by atoms with Crippen molar-refractivity contribution in [3.63, 3.8) is 0 Å². The molecular weight excluding hydrogens is 300 g/mol. The molecule has 0 aliphatic heterocycles. The Balaban J connectivity index is 2.98. The molecule has 2 unspecified atom stereocenters. The van der Waals surface area contributed by atoms with Gasteiger partial charge in [0, 0.05) is 0 Å². The molecule has 0 radical (unpaired) electrons. The fourth-order valence-electron chi connectivity index (χ4n) is 2.29. The van der Waals surface area contributed by atoms with E-state index in [-0.39, 0.29) is 13.1 Å². The van der Waals surface area contributed by atoms with Crippen LogP contribution in [0.15, 0.2) is 18.2 Å². The van der Waals surface area contributed by atoms with Gasteiger partial charge in [0.15, 0.2) is 0 Å². The summed E-state index contributed by atoms with van der Waals surface area (Å²) in [7, 11) is 0. The van der Waals surface area contributed by atoms with E-state index >= 15 is 0 Å². The Bertz CT molecular complexity index is 514. The molecule has 0 saturated carbocycles. The van der Waals surface area contributed by atoms with Crippen LogP contribution in [0.2, 0.25) is 0 Å². The summed E-state index contributed by atoms with van der Waals surface area (Å²) in [5, 5.41) is 19.3. The molecule has 1 aromatic rings. The molecule has 6 nitrogen and oxygen atoms in total. The number of ether oxygens (including phenoxy) is 2. The Morgan fingerprint density at radius 1 is 1.35 bits per heavy atom. The maximum absolute atomic E-state index is 12.0. The average molecular weight is 324 g/mol. The molecule has 128 valence electrons. The van der Waals surface area contributed by atoms with Crippen LogP contribution in [0, 0.1) is 0 Å². The maximum Gasteiger partial charge on any atom is 0.338 e. The fraction of sp³-hybridized carbons (Fsp3) is 0.529. The Hall–Kier alpha value is -1.92. The molecule has 0 spiro atoms. The minimum atomic E-state index is -1.44. The third kappa shape index (κ3) is 5.33. The third-order valence-electron chi connectivity index (χ3n) is 3.63. The lowest BCUT2D eigenvalue weighted by Gasteiger charge is -2.22. The van der Waals surface area contributed by atoms with E-state index in [9.17, 15) is 19.8 Å². The Labute approximate surface area is 136 Å². The lowest BCUT2D eigenvalue weighted by Crippen LogP contribution is -2.25. The van der Waals surface area contributed by atoms with Gasteiger partial charge < -0.3 is 19.7 Å². The number of aryl methyl sites for hydroxylation is 1. The average Bonchev–Trinajstić information content (AvgIpc) is 2.56. The van der Waals surface area contributed by atoms with Crippen molar-refractivity contribution in [1.82, 2.24) is 0 Å². The van der Waals surface area contributed by atoms with Crippen molar-refractivity contribution in [3.05, 3.63) is 34.9 Å². The second-order valence-electron chi connectivity index (χ2n) is 5.17. The number of hydrogen-bond donors (Lipinski definition) is 2. The molecule has 0 fully saturated rings. The van der Waals surface area contributed by atoms with E-state index in [2.05, 4.69) is 4.74 Å². The van der Waals surface area contributed by atoms with Gasteiger partial charge in [0.1, 0.15) is 0 Å². The van der Waals surface area contributed by atoms with Gasteiger partial charge in [-0.1, -0.05) is 26.3 Å². The van der Waals surface area contributed by atoms with Crippen molar-refractivity contribution in [2.45, 2.75) is 45.3 Å². The fourth-order valence-corrected chi connectivity index (χ4v) is 2.29. The van der Waals surface area contributed by atoms with Gasteiger partial charge >= 0.3 is 5.97 Å². The van der Waals surface area contributed by atoms with E-state index in [4.69, 9.17) is 4.74 Å². The molecule has 0 heterocycles. The lowest BCUT2D eigenvalue weighted by molar-refractivity contribution is -0.157. The predicted molar refractivity (Wildman–Crippen MR) is 84.0 cm³/mol. The molecule has 0 saturated heterocycles. The van der Waals surface area contributed by atoms with Crippen LogP contribution < -0.4 is 0 Å². The number of benzene rings is 1. The number of esters is 1. The van der Waals surface area contributed by atoms with E-state index in [1.807, 2.05) is 13.8 Å². The van der Waals surface area contributed by atoms with E-state index in [0.717, 1.165) is 18.4 Å². The van der Waals surface area contributed by atoms with E-state index in [0.29, 0.717) is 24.2 Å². The number of hydrogen-bond acceptors (Lipinski definition) is 6. The molecule has 1 rings (SSSR count). The molecule has 0 aromatic heterocycles. The normalized spacial score (nSPS) is 13.2. The molecule has 1 aromatic carbocycles. The lowest BCUT2D eigenvalue weighted by atomic mass is 9.91. The molecule has 0 amide bonds. The summed E-state index contributed by atoms with van der Waals surface area (Å²) in [6.45, 7) is 4.04. The van der Waals surface area contributed by atoms with Crippen LogP contribution in [0.25, 0.3) is 0 Å². The van der Waals surface area contributed by atoms with Gasteiger partial charge in [-0.25, -0.2) is 4.79 Å². The second-order valence-corrected chi connectivity index (χ2v) is 5.17. The van der Waals surface area contributed by atoms with E-state index in [1.54, 1.807) is 18.2 Å².